The van der Waals surface area contributed by atoms with Crippen LogP contribution in [0.1, 0.15) is 112 Å². The SMILES string of the molecule is CCCCC1(CCCC)CC(c2ccc(Cl)c(Cl)c2)=C(CCC(O)CC(O)CC(=O)O)C(C)(C)C1.[H-].[Na+]. The van der Waals surface area contributed by atoms with Gasteiger partial charge in [0.15, 0.2) is 0 Å². The van der Waals surface area contributed by atoms with E-state index in [9.17, 15) is 15.0 Å². The molecular formula is C29H45Cl2NaO4. The van der Waals surface area contributed by atoms with Gasteiger partial charge in [-0.05, 0) is 79.0 Å². The number of hydrogen-bond donors (Lipinski definition) is 3. The van der Waals surface area contributed by atoms with Crippen molar-refractivity contribution in [1.29, 1.82) is 0 Å². The van der Waals surface area contributed by atoms with Gasteiger partial charge in [0.25, 0.3) is 0 Å². The smallest absolute Gasteiger partial charge is 1.00 e. The maximum atomic E-state index is 10.9. The van der Waals surface area contributed by atoms with Crippen LogP contribution in [0.5, 0.6) is 0 Å². The first-order valence-corrected chi connectivity index (χ1v) is 13.9. The molecule has 0 spiro atoms. The second-order valence-electron chi connectivity index (χ2n) is 11.2. The number of aliphatic carboxylic acids is 1. The van der Waals surface area contributed by atoms with Crippen molar-refractivity contribution >= 4 is 34.7 Å². The van der Waals surface area contributed by atoms with Crippen LogP contribution in [0, 0.1) is 10.8 Å². The van der Waals surface area contributed by atoms with Crippen molar-refractivity contribution < 1.29 is 51.1 Å². The second-order valence-corrected chi connectivity index (χ2v) is 12.0. The zero-order chi connectivity index (χ0) is 26.2. The average Bonchev–Trinajstić information content (AvgIpc) is 2.76. The Morgan fingerprint density at radius 1 is 1.06 bits per heavy atom. The van der Waals surface area contributed by atoms with Crippen LogP contribution in [0.4, 0.5) is 0 Å². The molecule has 1 aromatic carbocycles. The molecule has 1 aliphatic carbocycles. The number of rotatable bonds is 14. The van der Waals surface area contributed by atoms with Crippen LogP contribution in [-0.2, 0) is 4.79 Å². The molecule has 2 rings (SSSR count). The number of aliphatic hydroxyl groups excluding tert-OH is 2. The van der Waals surface area contributed by atoms with E-state index in [0.29, 0.717) is 22.9 Å². The summed E-state index contributed by atoms with van der Waals surface area (Å²) in [7, 11) is 0. The van der Waals surface area contributed by atoms with Gasteiger partial charge in [0.05, 0.1) is 28.7 Å². The minimum Gasteiger partial charge on any atom is -1.00 e. The van der Waals surface area contributed by atoms with Gasteiger partial charge in [-0.1, -0.05) is 88.2 Å². The Bertz CT molecular complexity index is 883. The van der Waals surface area contributed by atoms with Crippen molar-refractivity contribution in [2.45, 2.75) is 117 Å². The number of unbranched alkanes of at least 4 members (excludes halogenated alkanes) is 2. The molecule has 0 heterocycles. The second kappa shape index (κ2) is 15.5. The third kappa shape index (κ3) is 9.91. The summed E-state index contributed by atoms with van der Waals surface area (Å²) in [5, 5.41) is 30.6. The van der Waals surface area contributed by atoms with Gasteiger partial charge < -0.3 is 16.7 Å². The Morgan fingerprint density at radius 3 is 2.19 bits per heavy atom. The molecule has 0 saturated carbocycles. The van der Waals surface area contributed by atoms with Crippen molar-refractivity contribution in [3.8, 4) is 0 Å². The van der Waals surface area contributed by atoms with Crippen LogP contribution >= 0.6 is 23.2 Å². The number of halogens is 2. The first-order chi connectivity index (χ1) is 16.4. The first-order valence-electron chi connectivity index (χ1n) is 13.2. The summed E-state index contributed by atoms with van der Waals surface area (Å²) in [4.78, 5) is 10.9. The quantitative estimate of drug-likeness (QED) is 0.270. The largest absolute Gasteiger partial charge is 1.00 e. The van der Waals surface area contributed by atoms with Gasteiger partial charge in [0.2, 0.25) is 0 Å². The van der Waals surface area contributed by atoms with Crippen LogP contribution in [0.25, 0.3) is 5.57 Å². The Hall–Kier alpha value is -0.0700. The van der Waals surface area contributed by atoms with Crippen molar-refractivity contribution in [2.75, 3.05) is 0 Å². The van der Waals surface area contributed by atoms with E-state index in [1.807, 2.05) is 12.1 Å². The summed E-state index contributed by atoms with van der Waals surface area (Å²) < 4.78 is 0. The summed E-state index contributed by atoms with van der Waals surface area (Å²) >= 11 is 12.7. The van der Waals surface area contributed by atoms with Crippen LogP contribution in [0.15, 0.2) is 23.8 Å². The van der Waals surface area contributed by atoms with Gasteiger partial charge in [-0.2, -0.15) is 0 Å². The number of carboxylic acids is 1. The van der Waals surface area contributed by atoms with E-state index < -0.39 is 18.2 Å². The van der Waals surface area contributed by atoms with E-state index in [2.05, 4.69) is 33.8 Å². The monoisotopic (exact) mass is 550 g/mol. The molecule has 4 nitrogen and oxygen atoms in total. The molecular weight excluding hydrogens is 506 g/mol. The number of allylic oxidation sites excluding steroid dienone is 2. The van der Waals surface area contributed by atoms with Gasteiger partial charge in [-0.3, -0.25) is 4.79 Å². The fourth-order valence-corrected chi connectivity index (χ4v) is 6.35. The van der Waals surface area contributed by atoms with Crippen LogP contribution in [0.3, 0.4) is 0 Å². The zero-order valence-electron chi connectivity index (χ0n) is 23.9. The topological polar surface area (TPSA) is 77.8 Å². The molecule has 0 fully saturated rings. The predicted molar refractivity (Wildman–Crippen MR) is 147 cm³/mol. The van der Waals surface area contributed by atoms with Crippen LogP contribution in [0.2, 0.25) is 10.0 Å². The predicted octanol–water partition coefficient (Wildman–Crippen LogP) is 5.42. The molecule has 1 aromatic rings. The first kappa shape index (κ1) is 34.0. The third-order valence-corrected chi connectivity index (χ3v) is 8.36. The van der Waals surface area contributed by atoms with Gasteiger partial charge in [-0.15, -0.1) is 0 Å². The normalized spacial score (nSPS) is 18.4. The van der Waals surface area contributed by atoms with E-state index in [0.717, 1.165) is 18.4 Å². The van der Waals surface area contributed by atoms with Crippen LogP contribution < -0.4 is 29.6 Å². The summed E-state index contributed by atoms with van der Waals surface area (Å²) in [5.41, 5.74) is 3.91. The standard InChI is InChI=1S/C29H44Cl2O4.Na.H/c1-5-7-13-29(14-8-6-2)18-23(20-9-12-25(30)26(31)15-20)24(28(3,4)19-29)11-10-21(32)16-22(33)17-27(34)35;;/h9,12,15,21-22,32-33H,5-8,10-11,13-14,16-19H2,1-4H3,(H,34,35);;/q;+1;-1. The summed E-state index contributed by atoms with van der Waals surface area (Å²) in [6.07, 6.45) is 8.39. The zero-order valence-corrected chi connectivity index (χ0v) is 26.4. The Morgan fingerprint density at radius 2 is 1.67 bits per heavy atom. The Balaban J connectivity index is 0.00000648. The number of carboxylic acid groups (broad SMARTS) is 1. The maximum absolute atomic E-state index is 10.9. The summed E-state index contributed by atoms with van der Waals surface area (Å²) in [6, 6.07) is 5.89. The molecule has 2 atom stereocenters. The van der Waals surface area contributed by atoms with E-state index in [4.69, 9.17) is 28.3 Å². The molecule has 36 heavy (non-hydrogen) atoms. The maximum Gasteiger partial charge on any atom is 1.00 e. The number of benzene rings is 1. The minimum atomic E-state index is -1.06. The fraction of sp³-hybridized carbons (Fsp3) is 0.690. The molecule has 7 heteroatoms. The van der Waals surface area contributed by atoms with Gasteiger partial charge in [-0.25, -0.2) is 0 Å². The molecule has 0 aromatic heterocycles. The van der Waals surface area contributed by atoms with Gasteiger partial charge >= 0.3 is 35.5 Å². The molecule has 3 N–H and O–H groups in total. The Labute approximate surface area is 251 Å². The van der Waals surface area contributed by atoms with Crippen molar-refractivity contribution in [2.24, 2.45) is 10.8 Å². The van der Waals surface area contributed by atoms with Crippen molar-refractivity contribution in [3.63, 3.8) is 0 Å². The van der Waals surface area contributed by atoms with Crippen LogP contribution in [-0.4, -0.2) is 33.5 Å². The van der Waals surface area contributed by atoms with Crippen molar-refractivity contribution in [3.05, 3.63) is 39.4 Å². The number of carbonyl (C=O) groups is 1. The molecule has 0 radical (unpaired) electrons. The van der Waals surface area contributed by atoms with E-state index in [1.54, 1.807) is 0 Å². The van der Waals surface area contributed by atoms with E-state index in [1.165, 1.54) is 49.7 Å². The minimum absolute atomic E-state index is 0. The third-order valence-electron chi connectivity index (χ3n) is 7.62. The molecule has 0 bridgehead atoms. The van der Waals surface area contributed by atoms with E-state index in [-0.39, 0.29) is 54.7 Å². The van der Waals surface area contributed by atoms with E-state index >= 15 is 0 Å². The van der Waals surface area contributed by atoms with Gasteiger partial charge in [0, 0.05) is 0 Å². The average molecular weight is 552 g/mol. The summed E-state index contributed by atoms with van der Waals surface area (Å²) in [6.45, 7) is 9.14. The number of hydrogen-bond acceptors (Lipinski definition) is 3. The van der Waals surface area contributed by atoms with Crippen molar-refractivity contribution in [1.82, 2.24) is 0 Å². The molecule has 0 saturated heterocycles. The molecule has 0 amide bonds. The molecule has 1 aliphatic rings. The Kier molecular flexibility index (Phi) is 14.6. The fourth-order valence-electron chi connectivity index (χ4n) is 6.06. The molecule has 2 unspecified atom stereocenters. The molecule has 200 valence electrons. The number of aliphatic hydroxyl groups is 2. The molecule has 0 aliphatic heterocycles. The summed E-state index contributed by atoms with van der Waals surface area (Å²) in [5.74, 6) is -1.06. The van der Waals surface area contributed by atoms with Gasteiger partial charge in [0.1, 0.15) is 0 Å².